The van der Waals surface area contributed by atoms with Crippen molar-refractivity contribution in [3.63, 3.8) is 0 Å². The number of nitrogens with zero attached hydrogens (tertiary/aromatic N) is 1. The quantitative estimate of drug-likeness (QED) is 0.413. The standard InChI is InChI=1S/C27H32N2O4S/c1-3-29(4-2)34(31,32)26-17-12-22(13-18-26)14-19-27(30)28-20-23-10-15-25(16-11-23)33-21-24-8-6-5-7-9-24/h5-13,15-18H,3-4,14,19-21H2,1-2H3,(H,28,30). The first-order valence-electron chi connectivity index (χ1n) is 11.5. The van der Waals surface area contributed by atoms with Gasteiger partial charge in [0.25, 0.3) is 0 Å². The van der Waals surface area contributed by atoms with Crippen LogP contribution in [0.5, 0.6) is 5.75 Å². The van der Waals surface area contributed by atoms with E-state index in [-0.39, 0.29) is 10.8 Å². The number of hydrogen-bond donors (Lipinski definition) is 1. The van der Waals surface area contributed by atoms with Crippen molar-refractivity contribution >= 4 is 15.9 Å². The summed E-state index contributed by atoms with van der Waals surface area (Å²) in [5.74, 6) is 0.731. The molecular weight excluding hydrogens is 448 g/mol. The van der Waals surface area contributed by atoms with Crippen LogP contribution < -0.4 is 10.1 Å². The van der Waals surface area contributed by atoms with Crippen LogP contribution in [0.15, 0.2) is 83.8 Å². The van der Waals surface area contributed by atoms with Crippen LogP contribution in [0, 0.1) is 0 Å². The van der Waals surface area contributed by atoms with Crippen LogP contribution >= 0.6 is 0 Å². The average molecular weight is 481 g/mol. The molecule has 3 aromatic carbocycles. The maximum atomic E-state index is 12.6. The van der Waals surface area contributed by atoms with Crippen molar-refractivity contribution in [3.8, 4) is 5.75 Å². The van der Waals surface area contributed by atoms with E-state index in [4.69, 9.17) is 4.74 Å². The number of rotatable bonds is 12. The molecule has 6 nitrogen and oxygen atoms in total. The summed E-state index contributed by atoms with van der Waals surface area (Å²) in [7, 11) is -3.46. The van der Waals surface area contributed by atoms with Crippen LogP contribution in [0.1, 0.15) is 37.0 Å². The van der Waals surface area contributed by atoms with Gasteiger partial charge in [-0.2, -0.15) is 4.31 Å². The number of nitrogens with one attached hydrogen (secondary N) is 1. The topological polar surface area (TPSA) is 75.7 Å². The normalized spacial score (nSPS) is 11.4. The first kappa shape index (κ1) is 25.5. The number of amides is 1. The third-order valence-electron chi connectivity index (χ3n) is 5.57. The Morgan fingerprint density at radius 3 is 2.06 bits per heavy atom. The van der Waals surface area contributed by atoms with Gasteiger partial charge in [-0.15, -0.1) is 0 Å². The molecule has 1 N–H and O–H groups in total. The molecule has 3 rings (SSSR count). The SMILES string of the molecule is CCN(CC)S(=O)(=O)c1ccc(CCC(=O)NCc2ccc(OCc3ccccc3)cc2)cc1. The molecule has 0 aromatic heterocycles. The fraction of sp³-hybridized carbons (Fsp3) is 0.296. The zero-order valence-corrected chi connectivity index (χ0v) is 20.6. The van der Waals surface area contributed by atoms with E-state index in [0.717, 1.165) is 22.4 Å². The molecule has 0 heterocycles. The van der Waals surface area contributed by atoms with Crippen LogP contribution in [0.4, 0.5) is 0 Å². The van der Waals surface area contributed by atoms with Crippen molar-refractivity contribution in [2.45, 2.75) is 44.7 Å². The summed E-state index contributed by atoms with van der Waals surface area (Å²) in [6, 6.07) is 24.4. The molecule has 0 aliphatic carbocycles. The van der Waals surface area contributed by atoms with E-state index < -0.39 is 10.0 Å². The summed E-state index contributed by atoms with van der Waals surface area (Å²) in [4.78, 5) is 12.5. The van der Waals surface area contributed by atoms with Crippen molar-refractivity contribution < 1.29 is 17.9 Å². The summed E-state index contributed by atoms with van der Waals surface area (Å²) < 4.78 is 32.4. The number of ether oxygens (including phenoxy) is 1. The van der Waals surface area contributed by atoms with Crippen molar-refractivity contribution in [2.75, 3.05) is 13.1 Å². The molecule has 34 heavy (non-hydrogen) atoms. The third-order valence-corrected chi connectivity index (χ3v) is 7.63. The second-order valence-electron chi connectivity index (χ2n) is 7.93. The Bertz CT molecular complexity index is 1140. The van der Waals surface area contributed by atoms with Gasteiger partial charge in [0, 0.05) is 26.1 Å². The van der Waals surface area contributed by atoms with E-state index in [1.165, 1.54) is 4.31 Å². The van der Waals surface area contributed by atoms with Gasteiger partial charge in [-0.1, -0.05) is 68.4 Å². The fourth-order valence-corrected chi connectivity index (χ4v) is 4.99. The lowest BCUT2D eigenvalue weighted by atomic mass is 10.1. The van der Waals surface area contributed by atoms with E-state index >= 15 is 0 Å². The predicted octanol–water partition coefficient (Wildman–Crippen LogP) is 4.55. The summed E-state index contributed by atoms with van der Waals surface area (Å²) >= 11 is 0. The minimum absolute atomic E-state index is 0.0516. The minimum atomic E-state index is -3.46. The van der Waals surface area contributed by atoms with Crippen LogP contribution in [-0.2, 0) is 34.4 Å². The lowest BCUT2D eigenvalue weighted by molar-refractivity contribution is -0.121. The third kappa shape index (κ3) is 7.17. The first-order chi connectivity index (χ1) is 16.4. The Labute approximate surface area is 202 Å². The molecule has 0 spiro atoms. The summed E-state index contributed by atoms with van der Waals surface area (Å²) in [6.45, 7) is 5.47. The second-order valence-corrected chi connectivity index (χ2v) is 9.87. The molecule has 1 amide bonds. The van der Waals surface area contributed by atoms with Crippen molar-refractivity contribution in [2.24, 2.45) is 0 Å². The van der Waals surface area contributed by atoms with Gasteiger partial charge in [-0.25, -0.2) is 8.42 Å². The van der Waals surface area contributed by atoms with Gasteiger partial charge in [0.1, 0.15) is 12.4 Å². The van der Waals surface area contributed by atoms with Crippen LogP contribution in [0.2, 0.25) is 0 Å². The summed E-state index contributed by atoms with van der Waals surface area (Å²) in [6.07, 6.45) is 0.879. The van der Waals surface area contributed by atoms with E-state index in [2.05, 4.69) is 5.32 Å². The highest BCUT2D eigenvalue weighted by molar-refractivity contribution is 7.89. The molecule has 0 aliphatic rings. The van der Waals surface area contributed by atoms with Gasteiger partial charge in [0.15, 0.2) is 0 Å². The molecule has 180 valence electrons. The molecule has 0 saturated heterocycles. The molecule has 0 fully saturated rings. The number of aryl methyl sites for hydroxylation is 1. The Morgan fingerprint density at radius 1 is 0.824 bits per heavy atom. The molecule has 0 saturated carbocycles. The maximum absolute atomic E-state index is 12.6. The number of carbonyl (C=O) groups excluding carboxylic acids is 1. The lowest BCUT2D eigenvalue weighted by Gasteiger charge is -2.18. The number of carbonyl (C=O) groups is 1. The van der Waals surface area contributed by atoms with Crippen molar-refractivity contribution in [3.05, 3.63) is 95.6 Å². The van der Waals surface area contributed by atoms with Crippen LogP contribution in [0.25, 0.3) is 0 Å². The zero-order chi connectivity index (χ0) is 24.4. The lowest BCUT2D eigenvalue weighted by Crippen LogP contribution is -2.30. The monoisotopic (exact) mass is 480 g/mol. The Balaban J connectivity index is 1.43. The largest absolute Gasteiger partial charge is 0.489 e. The van der Waals surface area contributed by atoms with Crippen molar-refractivity contribution in [1.82, 2.24) is 9.62 Å². The maximum Gasteiger partial charge on any atom is 0.243 e. The fourth-order valence-electron chi connectivity index (χ4n) is 3.53. The summed E-state index contributed by atoms with van der Waals surface area (Å²) in [5, 5.41) is 2.93. The minimum Gasteiger partial charge on any atom is -0.489 e. The van der Waals surface area contributed by atoms with E-state index in [1.54, 1.807) is 24.3 Å². The molecule has 0 atom stereocenters. The number of sulfonamides is 1. The van der Waals surface area contributed by atoms with Crippen LogP contribution in [-0.4, -0.2) is 31.7 Å². The van der Waals surface area contributed by atoms with Crippen molar-refractivity contribution in [1.29, 1.82) is 0 Å². The van der Waals surface area contributed by atoms with Gasteiger partial charge in [0.05, 0.1) is 4.90 Å². The summed E-state index contributed by atoms with van der Waals surface area (Å²) in [5.41, 5.74) is 3.03. The first-order valence-corrected chi connectivity index (χ1v) is 13.0. The molecule has 0 aliphatic heterocycles. The molecule has 7 heteroatoms. The molecular formula is C27H32N2O4S. The van der Waals surface area contributed by atoms with Gasteiger partial charge < -0.3 is 10.1 Å². The second kappa shape index (κ2) is 12.3. The zero-order valence-electron chi connectivity index (χ0n) is 19.7. The molecule has 0 unspecified atom stereocenters. The Hall–Kier alpha value is -3.16. The van der Waals surface area contributed by atoms with Gasteiger partial charge in [-0.05, 0) is 47.4 Å². The van der Waals surface area contributed by atoms with E-state index in [9.17, 15) is 13.2 Å². The molecule has 0 radical (unpaired) electrons. The number of benzene rings is 3. The Kier molecular flexibility index (Phi) is 9.24. The number of hydrogen-bond acceptors (Lipinski definition) is 4. The van der Waals surface area contributed by atoms with Gasteiger partial charge >= 0.3 is 0 Å². The highest BCUT2D eigenvalue weighted by Crippen LogP contribution is 2.17. The highest BCUT2D eigenvalue weighted by atomic mass is 32.2. The average Bonchev–Trinajstić information content (AvgIpc) is 2.87. The molecule has 0 bridgehead atoms. The van der Waals surface area contributed by atoms with E-state index in [1.807, 2.05) is 68.4 Å². The van der Waals surface area contributed by atoms with Gasteiger partial charge in [0.2, 0.25) is 15.9 Å². The Morgan fingerprint density at radius 2 is 1.44 bits per heavy atom. The highest BCUT2D eigenvalue weighted by Gasteiger charge is 2.21. The smallest absolute Gasteiger partial charge is 0.243 e. The van der Waals surface area contributed by atoms with Gasteiger partial charge in [-0.3, -0.25) is 4.79 Å². The predicted molar refractivity (Wildman–Crippen MR) is 134 cm³/mol. The van der Waals surface area contributed by atoms with Crippen LogP contribution in [0.3, 0.4) is 0 Å². The molecule has 3 aromatic rings. The van der Waals surface area contributed by atoms with E-state index in [0.29, 0.717) is 39.1 Å².